The van der Waals surface area contributed by atoms with Gasteiger partial charge in [-0.25, -0.2) is 0 Å². The van der Waals surface area contributed by atoms with Gasteiger partial charge in [0.15, 0.2) is 11.5 Å². The third-order valence-electron chi connectivity index (χ3n) is 2.52. The van der Waals surface area contributed by atoms with E-state index in [1.807, 2.05) is 12.1 Å². The number of rotatable bonds is 5. The zero-order valence-electron chi connectivity index (χ0n) is 9.15. The van der Waals surface area contributed by atoms with E-state index >= 15 is 0 Å². The average Bonchev–Trinajstić information content (AvgIpc) is 2.79. The summed E-state index contributed by atoms with van der Waals surface area (Å²) in [5.41, 5.74) is 0.994. The number of aliphatic hydroxyl groups is 2. The van der Waals surface area contributed by atoms with Gasteiger partial charge in [0.25, 0.3) is 0 Å². The molecule has 1 aliphatic heterocycles. The molecule has 0 aromatic heterocycles. The van der Waals surface area contributed by atoms with Crippen LogP contribution < -0.4 is 14.8 Å². The van der Waals surface area contributed by atoms with Crippen LogP contribution in [-0.2, 0) is 6.54 Å². The van der Waals surface area contributed by atoms with Crippen LogP contribution in [0.2, 0.25) is 0 Å². The second-order valence-corrected chi connectivity index (χ2v) is 4.61. The van der Waals surface area contributed by atoms with Crippen molar-refractivity contribution >= 4 is 15.9 Å². The lowest BCUT2D eigenvalue weighted by atomic mass is 10.2. The van der Waals surface area contributed by atoms with Crippen molar-refractivity contribution in [1.82, 2.24) is 5.32 Å². The Morgan fingerprint density at radius 2 is 2.06 bits per heavy atom. The number of halogens is 1. The molecule has 2 rings (SSSR count). The summed E-state index contributed by atoms with van der Waals surface area (Å²) in [4.78, 5) is 0. The second-order valence-electron chi connectivity index (χ2n) is 3.75. The van der Waals surface area contributed by atoms with Crippen LogP contribution in [0.25, 0.3) is 0 Å². The largest absolute Gasteiger partial charge is 0.454 e. The number of ether oxygens (including phenoxy) is 2. The van der Waals surface area contributed by atoms with Gasteiger partial charge in [0.2, 0.25) is 6.79 Å². The van der Waals surface area contributed by atoms with Crippen molar-refractivity contribution in [1.29, 1.82) is 0 Å². The molecule has 17 heavy (non-hydrogen) atoms. The molecule has 94 valence electrons. The molecule has 1 aromatic carbocycles. The summed E-state index contributed by atoms with van der Waals surface area (Å²) in [6.07, 6.45) is 0. The Morgan fingerprint density at radius 3 is 2.76 bits per heavy atom. The molecule has 0 unspecified atom stereocenters. The minimum Gasteiger partial charge on any atom is -0.454 e. The second kappa shape index (κ2) is 5.68. The van der Waals surface area contributed by atoms with Crippen LogP contribution in [0.1, 0.15) is 5.56 Å². The molecule has 0 amide bonds. The van der Waals surface area contributed by atoms with E-state index in [1.54, 1.807) is 0 Å². The lowest BCUT2D eigenvalue weighted by Crippen LogP contribution is -2.35. The van der Waals surface area contributed by atoms with Gasteiger partial charge in [0, 0.05) is 6.54 Å². The van der Waals surface area contributed by atoms with E-state index in [9.17, 15) is 0 Å². The van der Waals surface area contributed by atoms with Crippen molar-refractivity contribution in [3.8, 4) is 11.5 Å². The van der Waals surface area contributed by atoms with E-state index in [4.69, 9.17) is 19.7 Å². The summed E-state index contributed by atoms with van der Waals surface area (Å²) in [7, 11) is 0. The molecule has 1 heterocycles. The van der Waals surface area contributed by atoms with E-state index in [0.29, 0.717) is 12.3 Å². The van der Waals surface area contributed by atoms with Gasteiger partial charge in [-0.15, -0.1) is 0 Å². The highest BCUT2D eigenvalue weighted by Crippen LogP contribution is 2.39. The van der Waals surface area contributed by atoms with Crippen LogP contribution in [0.5, 0.6) is 11.5 Å². The number of hydrogen-bond donors (Lipinski definition) is 3. The molecule has 5 nitrogen and oxygen atoms in total. The molecular weight excluding hydrogens is 290 g/mol. The highest BCUT2D eigenvalue weighted by molar-refractivity contribution is 9.10. The van der Waals surface area contributed by atoms with Gasteiger partial charge >= 0.3 is 0 Å². The summed E-state index contributed by atoms with van der Waals surface area (Å²) in [6, 6.07) is 3.50. The number of nitrogens with one attached hydrogen (secondary N) is 1. The Morgan fingerprint density at radius 1 is 1.29 bits per heavy atom. The molecule has 3 N–H and O–H groups in total. The molecule has 0 radical (unpaired) electrons. The van der Waals surface area contributed by atoms with Crippen molar-refractivity contribution in [2.75, 3.05) is 20.0 Å². The first-order valence-corrected chi connectivity index (χ1v) is 6.07. The van der Waals surface area contributed by atoms with E-state index < -0.39 is 0 Å². The van der Waals surface area contributed by atoms with Crippen LogP contribution >= 0.6 is 15.9 Å². The average molecular weight is 304 g/mol. The maximum atomic E-state index is 8.94. The van der Waals surface area contributed by atoms with Crippen LogP contribution in [-0.4, -0.2) is 36.3 Å². The first-order valence-electron chi connectivity index (χ1n) is 5.27. The van der Waals surface area contributed by atoms with E-state index in [0.717, 1.165) is 15.8 Å². The molecule has 0 fully saturated rings. The van der Waals surface area contributed by atoms with E-state index in [2.05, 4.69) is 21.2 Å². The predicted octanol–water partition coefficient (Wildman–Crippen LogP) is 0.621. The van der Waals surface area contributed by atoms with Gasteiger partial charge in [-0.1, -0.05) is 0 Å². The lowest BCUT2D eigenvalue weighted by molar-refractivity contribution is 0.170. The molecule has 1 aliphatic rings. The molecular formula is C11H14BrNO4. The summed E-state index contributed by atoms with van der Waals surface area (Å²) in [5, 5.41) is 20.9. The fourth-order valence-electron chi connectivity index (χ4n) is 1.57. The minimum absolute atomic E-state index is 0.0950. The van der Waals surface area contributed by atoms with Crippen LogP contribution in [0, 0.1) is 0 Å². The third-order valence-corrected chi connectivity index (χ3v) is 3.11. The summed E-state index contributed by atoms with van der Waals surface area (Å²) >= 11 is 3.41. The topological polar surface area (TPSA) is 71.0 Å². The minimum atomic E-state index is -0.306. The number of benzene rings is 1. The van der Waals surface area contributed by atoms with Crippen molar-refractivity contribution in [3.63, 3.8) is 0 Å². The SMILES string of the molecule is OCC(CO)NCc1cc(Br)c2c(c1)OCO2. The smallest absolute Gasteiger partial charge is 0.231 e. The van der Waals surface area contributed by atoms with Gasteiger partial charge < -0.3 is 25.0 Å². The monoisotopic (exact) mass is 303 g/mol. The van der Waals surface area contributed by atoms with Crippen molar-refractivity contribution in [3.05, 3.63) is 22.2 Å². The highest BCUT2D eigenvalue weighted by atomic mass is 79.9. The number of fused-ring (bicyclic) bond motifs is 1. The number of aliphatic hydroxyl groups excluding tert-OH is 2. The molecule has 0 bridgehead atoms. The molecule has 0 aliphatic carbocycles. The Hall–Kier alpha value is -0.820. The number of hydrogen-bond acceptors (Lipinski definition) is 5. The van der Waals surface area contributed by atoms with E-state index in [1.165, 1.54) is 0 Å². The Kier molecular flexibility index (Phi) is 4.22. The third kappa shape index (κ3) is 2.90. The van der Waals surface area contributed by atoms with Gasteiger partial charge in [0.1, 0.15) is 0 Å². The maximum absolute atomic E-state index is 8.94. The van der Waals surface area contributed by atoms with Crippen molar-refractivity contribution < 1.29 is 19.7 Å². The summed E-state index contributed by atoms with van der Waals surface area (Å²) in [6.45, 7) is 0.589. The normalized spacial score (nSPS) is 13.4. The molecule has 6 heteroatoms. The van der Waals surface area contributed by atoms with Gasteiger partial charge in [-0.05, 0) is 33.6 Å². The zero-order chi connectivity index (χ0) is 12.3. The molecule has 0 saturated heterocycles. The molecule has 0 atom stereocenters. The standard InChI is InChI=1S/C11H14BrNO4/c12-9-1-7(3-13-8(4-14)5-15)2-10-11(9)17-6-16-10/h1-2,8,13-15H,3-6H2. The van der Waals surface area contributed by atoms with Gasteiger partial charge in [-0.2, -0.15) is 0 Å². The summed E-state index contributed by atoms with van der Waals surface area (Å²) in [5.74, 6) is 1.43. The summed E-state index contributed by atoms with van der Waals surface area (Å²) < 4.78 is 11.4. The fourth-order valence-corrected chi connectivity index (χ4v) is 2.18. The Balaban J connectivity index is 2.05. The van der Waals surface area contributed by atoms with E-state index in [-0.39, 0.29) is 26.0 Å². The van der Waals surface area contributed by atoms with Crippen LogP contribution in [0.4, 0.5) is 0 Å². The van der Waals surface area contributed by atoms with Crippen LogP contribution in [0.15, 0.2) is 16.6 Å². The van der Waals surface area contributed by atoms with Crippen molar-refractivity contribution in [2.45, 2.75) is 12.6 Å². The maximum Gasteiger partial charge on any atom is 0.231 e. The zero-order valence-corrected chi connectivity index (χ0v) is 10.7. The van der Waals surface area contributed by atoms with Crippen molar-refractivity contribution in [2.24, 2.45) is 0 Å². The highest BCUT2D eigenvalue weighted by Gasteiger charge is 2.18. The first kappa shape index (κ1) is 12.6. The molecule has 1 aromatic rings. The van der Waals surface area contributed by atoms with Gasteiger partial charge in [0.05, 0.1) is 23.7 Å². The Labute approximate surface area is 107 Å². The predicted molar refractivity (Wildman–Crippen MR) is 65.1 cm³/mol. The molecule has 0 saturated carbocycles. The first-order chi connectivity index (χ1) is 8.24. The van der Waals surface area contributed by atoms with Gasteiger partial charge in [-0.3, -0.25) is 0 Å². The van der Waals surface area contributed by atoms with Crippen LogP contribution in [0.3, 0.4) is 0 Å². The fraction of sp³-hybridized carbons (Fsp3) is 0.455. The Bertz CT molecular complexity index is 395. The molecule has 0 spiro atoms. The lowest BCUT2D eigenvalue weighted by Gasteiger charge is -2.13. The quantitative estimate of drug-likeness (QED) is 0.744.